The van der Waals surface area contributed by atoms with E-state index in [2.05, 4.69) is 48.4 Å². The van der Waals surface area contributed by atoms with Crippen molar-refractivity contribution in [2.45, 2.75) is 39.5 Å². The highest BCUT2D eigenvalue weighted by Crippen LogP contribution is 2.30. The van der Waals surface area contributed by atoms with Gasteiger partial charge in [0.2, 0.25) is 16.9 Å². The van der Waals surface area contributed by atoms with Crippen LogP contribution in [-0.2, 0) is 15.0 Å². The van der Waals surface area contributed by atoms with Crippen molar-refractivity contribution in [3.63, 3.8) is 0 Å². The number of aryl methyl sites for hydroxylation is 1. The first kappa shape index (κ1) is 22.0. The highest BCUT2D eigenvalue weighted by atomic mass is 32.1. The first-order valence-electron chi connectivity index (χ1n) is 10.5. The third-order valence-electron chi connectivity index (χ3n) is 5.36. The first-order chi connectivity index (χ1) is 15.2. The van der Waals surface area contributed by atoms with Gasteiger partial charge in [0, 0.05) is 18.7 Å². The monoisotopic (exact) mass is 450 g/mol. The smallest absolute Gasteiger partial charge is 0.231 e. The van der Waals surface area contributed by atoms with Gasteiger partial charge in [-0.25, -0.2) is 0 Å². The van der Waals surface area contributed by atoms with Crippen molar-refractivity contribution in [3.05, 3.63) is 59.1 Å². The Morgan fingerprint density at radius 1 is 1.06 bits per heavy atom. The van der Waals surface area contributed by atoms with Crippen molar-refractivity contribution in [1.29, 1.82) is 0 Å². The summed E-state index contributed by atoms with van der Waals surface area (Å²) in [4.78, 5) is 26.7. The van der Waals surface area contributed by atoms with Gasteiger partial charge in [0.15, 0.2) is 0 Å². The molecule has 1 saturated heterocycles. The van der Waals surface area contributed by atoms with Gasteiger partial charge in [0.05, 0.1) is 5.92 Å². The minimum atomic E-state index is -0.427. The number of aromatic nitrogens is 2. The fraction of sp³-hybridized carbons (Fsp3) is 0.333. The number of carbonyl (C=O) groups excluding carboxylic acids is 2. The van der Waals surface area contributed by atoms with Crippen LogP contribution in [0.1, 0.15) is 37.8 Å². The fourth-order valence-corrected chi connectivity index (χ4v) is 4.14. The molecule has 1 N–H and O–H groups in total. The van der Waals surface area contributed by atoms with Gasteiger partial charge in [-0.05, 0) is 54.3 Å². The van der Waals surface area contributed by atoms with Crippen molar-refractivity contribution in [1.82, 2.24) is 10.2 Å². The molecule has 7 nitrogen and oxygen atoms in total. The maximum Gasteiger partial charge on any atom is 0.231 e. The van der Waals surface area contributed by atoms with E-state index in [1.54, 1.807) is 4.90 Å². The predicted octanol–water partition coefficient (Wildman–Crippen LogP) is 4.93. The van der Waals surface area contributed by atoms with Crippen molar-refractivity contribution in [2.75, 3.05) is 16.8 Å². The Labute approximate surface area is 191 Å². The molecule has 2 heterocycles. The molecule has 1 fully saturated rings. The molecule has 1 aliphatic rings. The Hall–Kier alpha value is -3.26. The van der Waals surface area contributed by atoms with Crippen LogP contribution in [0, 0.1) is 12.8 Å². The molecule has 2 amide bonds. The Bertz CT molecular complexity index is 1120. The van der Waals surface area contributed by atoms with Crippen molar-refractivity contribution >= 4 is 34.0 Å². The maximum atomic E-state index is 12.5. The van der Waals surface area contributed by atoms with Crippen molar-refractivity contribution in [2.24, 2.45) is 5.92 Å². The Balaban J connectivity index is 1.38. The number of ether oxygens (including phenoxy) is 1. The summed E-state index contributed by atoms with van der Waals surface area (Å²) in [5.41, 5.74) is 2.08. The van der Waals surface area contributed by atoms with Crippen LogP contribution in [0.4, 0.5) is 10.8 Å². The number of rotatable bonds is 5. The molecule has 0 bridgehead atoms. The molecule has 8 heteroatoms. The highest BCUT2D eigenvalue weighted by molar-refractivity contribution is 7.15. The summed E-state index contributed by atoms with van der Waals surface area (Å²) in [6, 6.07) is 15.4. The van der Waals surface area contributed by atoms with Crippen LogP contribution in [0.2, 0.25) is 0 Å². The fourth-order valence-electron chi connectivity index (χ4n) is 3.54. The van der Waals surface area contributed by atoms with Gasteiger partial charge in [-0.15, -0.1) is 10.2 Å². The number of nitrogens with one attached hydrogen (secondary N) is 1. The Morgan fingerprint density at radius 3 is 2.25 bits per heavy atom. The van der Waals surface area contributed by atoms with Crippen LogP contribution >= 0.6 is 11.3 Å². The van der Waals surface area contributed by atoms with Crippen molar-refractivity contribution in [3.8, 4) is 11.5 Å². The number of amides is 2. The number of hydrogen-bond acceptors (Lipinski definition) is 6. The maximum absolute atomic E-state index is 12.5. The second kappa shape index (κ2) is 8.70. The molecular weight excluding hydrogens is 424 g/mol. The van der Waals surface area contributed by atoms with Crippen LogP contribution in [0.15, 0.2) is 48.5 Å². The lowest BCUT2D eigenvalue weighted by Crippen LogP contribution is -2.28. The van der Waals surface area contributed by atoms with Gasteiger partial charge in [-0.2, -0.15) is 0 Å². The summed E-state index contributed by atoms with van der Waals surface area (Å²) in [7, 11) is 0. The summed E-state index contributed by atoms with van der Waals surface area (Å²) < 4.78 is 5.94. The van der Waals surface area contributed by atoms with E-state index in [1.165, 1.54) is 16.9 Å². The van der Waals surface area contributed by atoms with Gasteiger partial charge in [-0.1, -0.05) is 44.2 Å². The van der Waals surface area contributed by atoms with E-state index in [4.69, 9.17) is 4.74 Å². The molecule has 0 radical (unpaired) electrons. The molecule has 2 aromatic carbocycles. The van der Waals surface area contributed by atoms with E-state index in [0.717, 1.165) is 16.4 Å². The molecule has 0 saturated carbocycles. The summed E-state index contributed by atoms with van der Waals surface area (Å²) in [6.45, 7) is 8.67. The molecule has 3 aromatic rings. The second-order valence-electron chi connectivity index (χ2n) is 8.89. The number of hydrogen-bond donors (Lipinski definition) is 1. The van der Waals surface area contributed by atoms with E-state index < -0.39 is 5.92 Å². The SMILES string of the molecule is Cc1nnc(NC(=O)[C@@H]2CC(=O)N(c3ccc(Oc4ccc(C(C)(C)C)cc4)cc3)C2)s1. The lowest BCUT2D eigenvalue weighted by atomic mass is 9.87. The van der Waals surface area contributed by atoms with E-state index >= 15 is 0 Å². The third kappa shape index (κ3) is 4.96. The van der Waals surface area contributed by atoms with Crippen LogP contribution in [-0.4, -0.2) is 28.6 Å². The van der Waals surface area contributed by atoms with Gasteiger partial charge >= 0.3 is 0 Å². The molecule has 32 heavy (non-hydrogen) atoms. The second-order valence-corrected chi connectivity index (χ2v) is 10.1. The van der Waals surface area contributed by atoms with Crippen LogP contribution < -0.4 is 15.0 Å². The Kier molecular flexibility index (Phi) is 5.97. The average Bonchev–Trinajstić information content (AvgIpc) is 3.33. The highest BCUT2D eigenvalue weighted by Gasteiger charge is 2.35. The predicted molar refractivity (Wildman–Crippen MR) is 125 cm³/mol. The van der Waals surface area contributed by atoms with Crippen LogP contribution in [0.5, 0.6) is 11.5 Å². The lowest BCUT2D eigenvalue weighted by molar-refractivity contribution is -0.122. The van der Waals surface area contributed by atoms with E-state index in [0.29, 0.717) is 17.4 Å². The van der Waals surface area contributed by atoms with Gasteiger partial charge in [0.1, 0.15) is 16.5 Å². The van der Waals surface area contributed by atoms with Gasteiger partial charge in [0.25, 0.3) is 0 Å². The molecule has 4 rings (SSSR count). The first-order valence-corrected chi connectivity index (χ1v) is 11.3. The normalized spacial score (nSPS) is 16.3. The summed E-state index contributed by atoms with van der Waals surface area (Å²) in [5, 5.41) is 11.8. The molecule has 0 spiro atoms. The minimum absolute atomic E-state index is 0.0787. The van der Waals surface area contributed by atoms with Crippen LogP contribution in [0.25, 0.3) is 0 Å². The number of carbonyl (C=O) groups is 2. The number of anilines is 2. The zero-order chi connectivity index (χ0) is 22.9. The average molecular weight is 451 g/mol. The van der Waals surface area contributed by atoms with Gasteiger partial charge < -0.3 is 15.0 Å². The molecule has 0 unspecified atom stereocenters. The molecule has 1 aromatic heterocycles. The molecule has 166 valence electrons. The zero-order valence-corrected chi connectivity index (χ0v) is 19.4. The van der Waals surface area contributed by atoms with Crippen molar-refractivity contribution < 1.29 is 14.3 Å². The number of nitrogens with zero attached hydrogens (tertiary/aromatic N) is 3. The molecule has 1 aliphatic heterocycles. The summed E-state index contributed by atoms with van der Waals surface area (Å²) >= 11 is 1.31. The summed E-state index contributed by atoms with van der Waals surface area (Å²) in [5.74, 6) is 0.723. The van der Waals surface area contributed by atoms with E-state index in [-0.39, 0.29) is 23.7 Å². The lowest BCUT2D eigenvalue weighted by Gasteiger charge is -2.19. The van der Waals surface area contributed by atoms with Gasteiger partial charge in [-0.3, -0.25) is 9.59 Å². The number of benzene rings is 2. The topological polar surface area (TPSA) is 84.4 Å². The minimum Gasteiger partial charge on any atom is -0.457 e. The van der Waals surface area contributed by atoms with Crippen LogP contribution in [0.3, 0.4) is 0 Å². The third-order valence-corrected chi connectivity index (χ3v) is 6.11. The molecule has 0 aliphatic carbocycles. The quantitative estimate of drug-likeness (QED) is 0.596. The summed E-state index contributed by atoms with van der Waals surface area (Å²) in [6.07, 6.45) is 0.169. The molecular formula is C24H26N4O3S. The van der Waals surface area contributed by atoms with E-state index in [1.807, 2.05) is 43.3 Å². The van der Waals surface area contributed by atoms with E-state index in [9.17, 15) is 9.59 Å². The standard InChI is InChI=1S/C24H26N4O3S/c1-15-26-27-23(32-15)25-22(30)16-13-21(29)28(14-16)18-7-11-20(12-8-18)31-19-9-5-17(6-10-19)24(2,3)4/h5-12,16H,13-14H2,1-4H3,(H,25,27,30)/t16-/m1/s1. The molecule has 1 atom stereocenters. The Morgan fingerprint density at radius 2 is 1.69 bits per heavy atom. The largest absolute Gasteiger partial charge is 0.457 e. The zero-order valence-electron chi connectivity index (χ0n) is 18.6.